The fourth-order valence-electron chi connectivity index (χ4n) is 2.75. The van der Waals surface area contributed by atoms with Crippen LogP contribution < -0.4 is 14.8 Å². The number of carbonyl (C=O) groups is 1. The first-order valence-electron chi connectivity index (χ1n) is 9.08. The van der Waals surface area contributed by atoms with Gasteiger partial charge < -0.3 is 10.1 Å². The molecule has 156 valence electrons. The lowest BCUT2D eigenvalue weighted by atomic mass is 10.1. The number of hydrogen-bond acceptors (Lipinski definition) is 4. The van der Waals surface area contributed by atoms with E-state index in [1.54, 1.807) is 7.11 Å². The van der Waals surface area contributed by atoms with Crippen LogP contribution in [0, 0.1) is 12.7 Å². The molecule has 0 aromatic heterocycles. The average molecular weight is 428 g/mol. The van der Waals surface area contributed by atoms with Gasteiger partial charge in [0.25, 0.3) is 15.9 Å². The summed E-state index contributed by atoms with van der Waals surface area (Å²) in [5.41, 5.74) is 1.81. The fraction of sp³-hybridized carbons (Fsp3) is 0.136. The number of benzene rings is 3. The van der Waals surface area contributed by atoms with E-state index in [9.17, 15) is 17.6 Å². The van der Waals surface area contributed by atoms with Crippen LogP contribution in [0.25, 0.3) is 0 Å². The number of amides is 1. The SMILES string of the molecule is COc1cccc(CNC(=O)c2ccc(NS(=O)(=O)c3ccc(F)c(C)c3)cc2)c1. The molecule has 3 aromatic carbocycles. The van der Waals surface area contributed by atoms with Crippen LogP contribution in [0.2, 0.25) is 0 Å². The lowest BCUT2D eigenvalue weighted by Gasteiger charge is -2.10. The molecule has 2 N–H and O–H groups in total. The minimum atomic E-state index is -3.87. The highest BCUT2D eigenvalue weighted by molar-refractivity contribution is 7.92. The highest BCUT2D eigenvalue weighted by atomic mass is 32.2. The Bertz CT molecular complexity index is 1160. The van der Waals surface area contributed by atoms with E-state index in [4.69, 9.17) is 4.74 Å². The Kier molecular flexibility index (Phi) is 6.37. The van der Waals surface area contributed by atoms with Gasteiger partial charge in [0.15, 0.2) is 0 Å². The monoisotopic (exact) mass is 428 g/mol. The normalized spacial score (nSPS) is 11.0. The van der Waals surface area contributed by atoms with Crippen molar-refractivity contribution in [3.05, 3.63) is 89.2 Å². The second-order valence-corrected chi connectivity index (χ2v) is 8.31. The molecule has 0 saturated heterocycles. The molecule has 3 aromatic rings. The molecule has 6 nitrogen and oxygen atoms in total. The first kappa shape index (κ1) is 21.3. The van der Waals surface area contributed by atoms with Gasteiger partial charge in [0.1, 0.15) is 11.6 Å². The third-order valence-electron chi connectivity index (χ3n) is 4.43. The van der Waals surface area contributed by atoms with Gasteiger partial charge in [-0.3, -0.25) is 9.52 Å². The van der Waals surface area contributed by atoms with E-state index in [1.165, 1.54) is 43.3 Å². The molecule has 1 amide bonds. The van der Waals surface area contributed by atoms with Gasteiger partial charge >= 0.3 is 0 Å². The van der Waals surface area contributed by atoms with Gasteiger partial charge in [-0.15, -0.1) is 0 Å². The van der Waals surface area contributed by atoms with Crippen molar-refractivity contribution in [2.45, 2.75) is 18.4 Å². The van der Waals surface area contributed by atoms with Gasteiger partial charge in [-0.1, -0.05) is 12.1 Å². The van der Waals surface area contributed by atoms with Crippen molar-refractivity contribution in [1.82, 2.24) is 5.32 Å². The number of halogens is 1. The summed E-state index contributed by atoms with van der Waals surface area (Å²) in [6.45, 7) is 1.82. The van der Waals surface area contributed by atoms with Crippen molar-refractivity contribution in [2.75, 3.05) is 11.8 Å². The largest absolute Gasteiger partial charge is 0.497 e. The lowest BCUT2D eigenvalue weighted by molar-refractivity contribution is 0.0951. The zero-order chi connectivity index (χ0) is 21.7. The Labute approximate surface area is 174 Å². The third-order valence-corrected chi connectivity index (χ3v) is 5.81. The quantitative estimate of drug-likeness (QED) is 0.598. The molecule has 8 heteroatoms. The van der Waals surface area contributed by atoms with Crippen LogP contribution in [-0.2, 0) is 16.6 Å². The van der Waals surface area contributed by atoms with Crippen LogP contribution in [0.5, 0.6) is 5.75 Å². The minimum absolute atomic E-state index is 0.0403. The molecule has 0 unspecified atom stereocenters. The maximum absolute atomic E-state index is 13.4. The number of hydrogen-bond donors (Lipinski definition) is 2. The van der Waals surface area contributed by atoms with E-state index in [-0.39, 0.29) is 16.4 Å². The second kappa shape index (κ2) is 8.96. The summed E-state index contributed by atoms with van der Waals surface area (Å²) >= 11 is 0. The molecule has 0 atom stereocenters. The Morgan fingerprint density at radius 2 is 1.77 bits per heavy atom. The van der Waals surface area contributed by atoms with Crippen molar-refractivity contribution in [3.8, 4) is 5.75 Å². The summed E-state index contributed by atoms with van der Waals surface area (Å²) < 4.78 is 45.9. The van der Waals surface area contributed by atoms with E-state index >= 15 is 0 Å². The molecule has 0 saturated carbocycles. The molecule has 3 rings (SSSR count). The van der Waals surface area contributed by atoms with Gasteiger partial charge in [0.2, 0.25) is 0 Å². The van der Waals surface area contributed by atoms with Crippen molar-refractivity contribution in [3.63, 3.8) is 0 Å². The van der Waals surface area contributed by atoms with Gasteiger partial charge in [-0.25, -0.2) is 12.8 Å². The van der Waals surface area contributed by atoms with Gasteiger partial charge in [-0.2, -0.15) is 0 Å². The average Bonchev–Trinajstić information content (AvgIpc) is 2.74. The van der Waals surface area contributed by atoms with Gasteiger partial charge in [-0.05, 0) is 72.6 Å². The number of nitrogens with one attached hydrogen (secondary N) is 2. The first-order chi connectivity index (χ1) is 14.3. The molecule has 0 heterocycles. The number of methoxy groups -OCH3 is 1. The van der Waals surface area contributed by atoms with Gasteiger partial charge in [0.05, 0.1) is 12.0 Å². The minimum Gasteiger partial charge on any atom is -0.497 e. The van der Waals surface area contributed by atoms with Crippen LogP contribution in [0.1, 0.15) is 21.5 Å². The summed E-state index contributed by atoms with van der Waals surface area (Å²) in [6, 6.07) is 17.0. The Morgan fingerprint density at radius 3 is 2.43 bits per heavy atom. The highest BCUT2D eigenvalue weighted by Gasteiger charge is 2.16. The number of carbonyl (C=O) groups excluding carboxylic acids is 1. The van der Waals surface area contributed by atoms with Gasteiger partial charge in [0, 0.05) is 17.8 Å². The molecular weight excluding hydrogens is 407 g/mol. The molecule has 0 aliphatic rings. The van der Waals surface area contributed by atoms with Crippen LogP contribution in [0.4, 0.5) is 10.1 Å². The fourth-order valence-corrected chi connectivity index (χ4v) is 3.90. The molecule has 0 bridgehead atoms. The predicted octanol–water partition coefficient (Wildman–Crippen LogP) is 3.87. The van der Waals surface area contributed by atoms with E-state index in [0.717, 1.165) is 11.6 Å². The van der Waals surface area contributed by atoms with Crippen LogP contribution in [-0.4, -0.2) is 21.4 Å². The molecule has 0 aliphatic heterocycles. The lowest BCUT2D eigenvalue weighted by Crippen LogP contribution is -2.22. The number of ether oxygens (including phenoxy) is 1. The van der Waals surface area contributed by atoms with Crippen LogP contribution >= 0.6 is 0 Å². The Hall–Kier alpha value is -3.39. The summed E-state index contributed by atoms with van der Waals surface area (Å²) in [6.07, 6.45) is 0. The van der Waals surface area contributed by atoms with E-state index in [2.05, 4.69) is 10.0 Å². The van der Waals surface area contributed by atoms with Crippen LogP contribution in [0.15, 0.2) is 71.6 Å². The second-order valence-electron chi connectivity index (χ2n) is 6.63. The molecule has 0 spiro atoms. The predicted molar refractivity (Wildman–Crippen MR) is 113 cm³/mol. The standard InChI is InChI=1S/C22H21FN2O4S/c1-15-12-20(10-11-21(15)23)30(27,28)25-18-8-6-17(7-9-18)22(26)24-14-16-4-3-5-19(13-16)29-2/h3-13,25H,14H2,1-2H3,(H,24,26). The molecular formula is C22H21FN2O4S. The number of rotatable bonds is 7. The molecule has 0 fully saturated rings. The van der Waals surface area contributed by atoms with Crippen molar-refractivity contribution in [1.29, 1.82) is 0 Å². The maximum Gasteiger partial charge on any atom is 0.261 e. The van der Waals surface area contributed by atoms with E-state index in [1.807, 2.05) is 24.3 Å². The first-order valence-corrected chi connectivity index (χ1v) is 10.6. The van der Waals surface area contributed by atoms with E-state index in [0.29, 0.717) is 23.5 Å². The highest BCUT2D eigenvalue weighted by Crippen LogP contribution is 2.19. The van der Waals surface area contributed by atoms with Crippen molar-refractivity contribution < 1.29 is 22.3 Å². The number of anilines is 1. The van der Waals surface area contributed by atoms with Crippen molar-refractivity contribution in [2.24, 2.45) is 0 Å². The number of aryl methyl sites for hydroxylation is 1. The topological polar surface area (TPSA) is 84.5 Å². The number of sulfonamides is 1. The maximum atomic E-state index is 13.4. The smallest absolute Gasteiger partial charge is 0.261 e. The molecule has 0 radical (unpaired) electrons. The molecule has 0 aliphatic carbocycles. The zero-order valence-corrected chi connectivity index (χ0v) is 17.3. The van der Waals surface area contributed by atoms with E-state index < -0.39 is 15.8 Å². The molecule has 30 heavy (non-hydrogen) atoms. The van der Waals surface area contributed by atoms with Crippen LogP contribution in [0.3, 0.4) is 0 Å². The Balaban J connectivity index is 1.65. The third kappa shape index (κ3) is 5.15. The van der Waals surface area contributed by atoms with Crippen molar-refractivity contribution >= 4 is 21.6 Å². The Morgan fingerprint density at radius 1 is 1.03 bits per heavy atom. The summed E-state index contributed by atoms with van der Waals surface area (Å²) in [7, 11) is -2.29. The summed E-state index contributed by atoms with van der Waals surface area (Å²) in [5, 5.41) is 2.80. The summed E-state index contributed by atoms with van der Waals surface area (Å²) in [5.74, 6) is -0.0608. The zero-order valence-electron chi connectivity index (χ0n) is 16.5. The summed E-state index contributed by atoms with van der Waals surface area (Å²) in [4.78, 5) is 12.3.